The van der Waals surface area contributed by atoms with Crippen molar-refractivity contribution < 1.29 is 13.2 Å². The summed E-state index contributed by atoms with van der Waals surface area (Å²) in [5.74, 6) is -0.317. The lowest BCUT2D eigenvalue weighted by atomic mass is 10.0. The minimum absolute atomic E-state index is 0.0752. The molecule has 0 saturated carbocycles. The molecule has 0 aliphatic rings. The number of amides is 1. The van der Waals surface area contributed by atoms with Crippen LogP contribution in [-0.4, -0.2) is 19.9 Å². The maximum absolute atomic E-state index is 12.0. The molecule has 0 saturated heterocycles. The third kappa shape index (κ3) is 3.99. The van der Waals surface area contributed by atoms with Gasteiger partial charge in [-0.3, -0.25) is 4.79 Å². The molecule has 0 atom stereocenters. The first-order chi connectivity index (χ1) is 8.00. The van der Waals surface area contributed by atoms with E-state index >= 15 is 0 Å². The van der Waals surface area contributed by atoms with Crippen LogP contribution in [0.5, 0.6) is 0 Å². The van der Waals surface area contributed by atoms with E-state index in [1.807, 2.05) is 20.8 Å². The van der Waals surface area contributed by atoms with Gasteiger partial charge in [0.05, 0.1) is 4.90 Å². The van der Waals surface area contributed by atoms with Gasteiger partial charge < -0.3 is 5.32 Å². The standard InChI is InChI=1S/C12H16ClNO3S/c1-8-5-6-9(18(13,16)17)7-10(8)11(15)14-12(2,3)4/h5-7H,1-4H3,(H,14,15). The Morgan fingerprint density at radius 2 is 1.83 bits per heavy atom. The summed E-state index contributed by atoms with van der Waals surface area (Å²) < 4.78 is 22.5. The lowest BCUT2D eigenvalue weighted by molar-refractivity contribution is 0.0918. The second-order valence-corrected chi connectivity index (χ2v) is 7.68. The molecule has 1 amide bonds. The highest BCUT2D eigenvalue weighted by molar-refractivity contribution is 8.13. The predicted octanol–water partition coefficient (Wildman–Crippen LogP) is 2.45. The van der Waals surface area contributed by atoms with Gasteiger partial charge in [-0.25, -0.2) is 8.42 Å². The maximum Gasteiger partial charge on any atom is 0.261 e. The second-order valence-electron chi connectivity index (χ2n) is 5.12. The van der Waals surface area contributed by atoms with Crippen LogP contribution in [0.3, 0.4) is 0 Å². The molecule has 0 heterocycles. The number of carbonyl (C=O) groups excluding carboxylic acids is 1. The number of hydrogen-bond acceptors (Lipinski definition) is 3. The Kier molecular flexibility index (Phi) is 4.08. The third-order valence-corrected chi connectivity index (χ3v) is 3.58. The number of nitrogens with one attached hydrogen (secondary N) is 1. The van der Waals surface area contributed by atoms with Crippen molar-refractivity contribution in [3.63, 3.8) is 0 Å². The van der Waals surface area contributed by atoms with Gasteiger partial charge in [-0.1, -0.05) is 6.07 Å². The van der Waals surface area contributed by atoms with Crippen LogP contribution in [-0.2, 0) is 9.05 Å². The average Bonchev–Trinajstić information content (AvgIpc) is 2.13. The van der Waals surface area contributed by atoms with Gasteiger partial charge in [0.25, 0.3) is 15.0 Å². The van der Waals surface area contributed by atoms with Crippen LogP contribution in [0.2, 0.25) is 0 Å². The monoisotopic (exact) mass is 289 g/mol. The van der Waals surface area contributed by atoms with Gasteiger partial charge in [0.2, 0.25) is 0 Å². The molecule has 1 aromatic rings. The molecule has 100 valence electrons. The van der Waals surface area contributed by atoms with Gasteiger partial charge >= 0.3 is 0 Å². The molecular weight excluding hydrogens is 274 g/mol. The Morgan fingerprint density at radius 3 is 2.28 bits per heavy atom. The zero-order valence-electron chi connectivity index (χ0n) is 10.7. The molecule has 0 aromatic heterocycles. The minimum Gasteiger partial charge on any atom is -0.347 e. The first kappa shape index (κ1) is 15.0. The first-order valence-electron chi connectivity index (χ1n) is 5.38. The Bertz CT molecular complexity index is 573. The highest BCUT2D eigenvalue weighted by Crippen LogP contribution is 2.19. The fourth-order valence-electron chi connectivity index (χ4n) is 1.41. The molecule has 0 bridgehead atoms. The van der Waals surface area contributed by atoms with E-state index in [1.165, 1.54) is 12.1 Å². The van der Waals surface area contributed by atoms with E-state index in [1.54, 1.807) is 13.0 Å². The van der Waals surface area contributed by atoms with Crippen molar-refractivity contribution >= 4 is 25.6 Å². The fourth-order valence-corrected chi connectivity index (χ4v) is 2.18. The average molecular weight is 290 g/mol. The van der Waals surface area contributed by atoms with Gasteiger partial charge in [0.15, 0.2) is 0 Å². The number of benzene rings is 1. The Morgan fingerprint density at radius 1 is 1.28 bits per heavy atom. The van der Waals surface area contributed by atoms with Gasteiger partial charge in [0.1, 0.15) is 0 Å². The van der Waals surface area contributed by atoms with Crippen LogP contribution >= 0.6 is 10.7 Å². The van der Waals surface area contributed by atoms with Crippen molar-refractivity contribution in [2.24, 2.45) is 0 Å². The highest BCUT2D eigenvalue weighted by atomic mass is 35.7. The zero-order chi connectivity index (χ0) is 14.1. The van der Waals surface area contributed by atoms with Crippen LogP contribution in [0.15, 0.2) is 23.1 Å². The topological polar surface area (TPSA) is 63.2 Å². The van der Waals surface area contributed by atoms with E-state index in [0.29, 0.717) is 11.1 Å². The molecule has 0 radical (unpaired) electrons. The molecule has 0 aliphatic carbocycles. The molecule has 18 heavy (non-hydrogen) atoms. The summed E-state index contributed by atoms with van der Waals surface area (Å²) in [6, 6.07) is 4.23. The second kappa shape index (κ2) is 4.90. The Hall–Kier alpha value is -1.07. The van der Waals surface area contributed by atoms with Gasteiger partial charge in [-0.05, 0) is 45.4 Å². The van der Waals surface area contributed by atoms with Gasteiger partial charge in [-0.2, -0.15) is 0 Å². The molecule has 0 aliphatic heterocycles. The predicted molar refractivity (Wildman–Crippen MR) is 71.4 cm³/mol. The summed E-state index contributed by atoms with van der Waals surface area (Å²) in [5, 5.41) is 2.78. The first-order valence-corrected chi connectivity index (χ1v) is 7.69. The summed E-state index contributed by atoms with van der Waals surface area (Å²) in [6.07, 6.45) is 0. The smallest absolute Gasteiger partial charge is 0.261 e. The van der Waals surface area contributed by atoms with Crippen LogP contribution in [0, 0.1) is 6.92 Å². The summed E-state index contributed by atoms with van der Waals surface area (Å²) in [4.78, 5) is 11.9. The SMILES string of the molecule is Cc1ccc(S(=O)(=O)Cl)cc1C(=O)NC(C)(C)C. The van der Waals surface area contributed by atoms with Crippen LogP contribution in [0.25, 0.3) is 0 Å². The zero-order valence-corrected chi connectivity index (χ0v) is 12.3. The van der Waals surface area contributed by atoms with E-state index in [9.17, 15) is 13.2 Å². The maximum atomic E-state index is 12.0. The number of aryl methyl sites for hydroxylation is 1. The largest absolute Gasteiger partial charge is 0.347 e. The number of hydrogen-bond donors (Lipinski definition) is 1. The Labute approximate surface area is 112 Å². The molecule has 6 heteroatoms. The van der Waals surface area contributed by atoms with Gasteiger partial charge in [0, 0.05) is 21.8 Å². The third-order valence-electron chi connectivity index (χ3n) is 2.22. The molecule has 0 spiro atoms. The highest BCUT2D eigenvalue weighted by Gasteiger charge is 2.19. The number of halogens is 1. The molecule has 1 aromatic carbocycles. The Balaban J connectivity index is 3.21. The lowest BCUT2D eigenvalue weighted by Crippen LogP contribution is -2.40. The van der Waals surface area contributed by atoms with E-state index in [4.69, 9.17) is 10.7 Å². The molecule has 0 fully saturated rings. The van der Waals surface area contributed by atoms with Crippen LogP contribution < -0.4 is 5.32 Å². The van der Waals surface area contributed by atoms with Crippen molar-refractivity contribution in [3.8, 4) is 0 Å². The summed E-state index contributed by atoms with van der Waals surface area (Å²) in [5.41, 5.74) is 0.617. The van der Waals surface area contributed by atoms with Crippen LogP contribution in [0.4, 0.5) is 0 Å². The number of carbonyl (C=O) groups is 1. The summed E-state index contributed by atoms with van der Waals surface area (Å²) >= 11 is 0. The molecule has 1 N–H and O–H groups in total. The van der Waals surface area contributed by atoms with Crippen molar-refractivity contribution in [3.05, 3.63) is 29.3 Å². The number of rotatable bonds is 2. The molecular formula is C12H16ClNO3S. The van der Waals surface area contributed by atoms with Crippen LogP contribution in [0.1, 0.15) is 36.7 Å². The lowest BCUT2D eigenvalue weighted by Gasteiger charge is -2.21. The quantitative estimate of drug-likeness (QED) is 0.851. The van der Waals surface area contributed by atoms with Gasteiger partial charge in [-0.15, -0.1) is 0 Å². The summed E-state index contributed by atoms with van der Waals surface area (Å²) in [6.45, 7) is 7.29. The van der Waals surface area contributed by atoms with Crippen molar-refractivity contribution in [1.29, 1.82) is 0 Å². The molecule has 1 rings (SSSR count). The van der Waals surface area contributed by atoms with Crippen molar-refractivity contribution in [2.45, 2.75) is 38.1 Å². The van der Waals surface area contributed by atoms with Crippen molar-refractivity contribution in [1.82, 2.24) is 5.32 Å². The van der Waals surface area contributed by atoms with E-state index in [0.717, 1.165) is 0 Å². The fraction of sp³-hybridized carbons (Fsp3) is 0.417. The van der Waals surface area contributed by atoms with E-state index in [2.05, 4.69) is 5.32 Å². The summed E-state index contributed by atoms with van der Waals surface area (Å²) in [7, 11) is 1.43. The van der Waals surface area contributed by atoms with Crippen molar-refractivity contribution in [2.75, 3.05) is 0 Å². The normalized spacial score (nSPS) is 12.3. The minimum atomic E-state index is -3.83. The van der Waals surface area contributed by atoms with E-state index < -0.39 is 9.05 Å². The molecule has 0 unspecified atom stereocenters. The molecule has 4 nitrogen and oxygen atoms in total. The van der Waals surface area contributed by atoms with E-state index in [-0.39, 0.29) is 16.3 Å².